The molecule has 0 bridgehead atoms. The number of carbonyl (C=O) groups is 3. The molecule has 2 aromatic carbocycles. The zero-order valence-corrected chi connectivity index (χ0v) is 22.9. The monoisotopic (exact) mass is 543 g/mol. The van der Waals surface area contributed by atoms with Gasteiger partial charge in [-0.25, -0.2) is 13.6 Å². The summed E-state index contributed by atoms with van der Waals surface area (Å²) in [6, 6.07) is 10.3. The van der Waals surface area contributed by atoms with E-state index in [1.807, 2.05) is 0 Å². The molecule has 1 saturated carbocycles. The SMILES string of the molecule is CC(C)(C)N(C(=O)O)[C@@H](CC(=O)N[C@@H](C(=O)NCc1ccc(F)cc1)C1CCCCC1)Cc1ccccc1F. The van der Waals surface area contributed by atoms with Crippen LogP contribution in [0.4, 0.5) is 13.6 Å². The van der Waals surface area contributed by atoms with Gasteiger partial charge >= 0.3 is 6.09 Å². The van der Waals surface area contributed by atoms with Gasteiger partial charge in [0.1, 0.15) is 17.7 Å². The molecule has 0 spiro atoms. The number of carboxylic acid groups (broad SMARTS) is 1. The molecule has 1 fully saturated rings. The van der Waals surface area contributed by atoms with Crippen molar-refractivity contribution in [2.45, 2.75) is 89.9 Å². The number of hydrogen-bond donors (Lipinski definition) is 3. The van der Waals surface area contributed by atoms with Crippen LogP contribution >= 0.6 is 0 Å². The maximum absolute atomic E-state index is 14.5. The lowest BCUT2D eigenvalue weighted by Gasteiger charge is -2.40. The van der Waals surface area contributed by atoms with E-state index in [-0.39, 0.29) is 37.0 Å². The molecule has 2 atom stereocenters. The molecule has 1 aliphatic carbocycles. The smallest absolute Gasteiger partial charge is 0.408 e. The largest absolute Gasteiger partial charge is 0.465 e. The van der Waals surface area contributed by atoms with Crippen molar-refractivity contribution in [2.75, 3.05) is 0 Å². The number of benzene rings is 2. The van der Waals surface area contributed by atoms with Gasteiger partial charge in [-0.15, -0.1) is 0 Å². The minimum absolute atomic E-state index is 0.00845. The first kappa shape index (κ1) is 30.1. The molecule has 3 amide bonds. The molecular formula is C30H39F2N3O4. The highest BCUT2D eigenvalue weighted by Crippen LogP contribution is 2.28. The molecule has 0 unspecified atom stereocenters. The predicted molar refractivity (Wildman–Crippen MR) is 145 cm³/mol. The Hall–Kier alpha value is -3.49. The standard InChI is InChI=1S/C30H39F2N3O4/c1-30(2,3)35(29(38)39)24(17-22-11-7-8-12-25(22)32)18-26(36)34-27(21-9-5-4-6-10-21)28(37)33-19-20-13-15-23(31)16-14-20/h7-8,11-16,21,24,27H,4-6,9-10,17-19H2,1-3H3,(H,33,37)(H,34,36)(H,38,39)/t24-,27-/m1/s1. The summed E-state index contributed by atoms with van der Waals surface area (Å²) in [5, 5.41) is 15.8. The van der Waals surface area contributed by atoms with E-state index in [0.717, 1.165) is 37.7 Å². The van der Waals surface area contributed by atoms with Crippen molar-refractivity contribution in [1.29, 1.82) is 0 Å². The molecule has 0 heterocycles. The number of amides is 3. The molecule has 0 aromatic heterocycles. The van der Waals surface area contributed by atoms with Crippen LogP contribution in [0.15, 0.2) is 48.5 Å². The summed E-state index contributed by atoms with van der Waals surface area (Å²) in [4.78, 5) is 40.2. The van der Waals surface area contributed by atoms with E-state index in [1.165, 1.54) is 23.1 Å². The van der Waals surface area contributed by atoms with Crippen molar-refractivity contribution >= 4 is 17.9 Å². The minimum atomic E-state index is -1.21. The summed E-state index contributed by atoms with van der Waals surface area (Å²) in [6.45, 7) is 5.36. The van der Waals surface area contributed by atoms with E-state index < -0.39 is 35.4 Å². The summed E-state index contributed by atoms with van der Waals surface area (Å²) in [6.07, 6.45) is 3.12. The predicted octanol–water partition coefficient (Wildman–Crippen LogP) is 5.43. The molecule has 0 aliphatic heterocycles. The fourth-order valence-corrected chi connectivity index (χ4v) is 5.38. The van der Waals surface area contributed by atoms with Crippen LogP contribution in [-0.4, -0.2) is 45.5 Å². The highest BCUT2D eigenvalue weighted by atomic mass is 19.1. The highest BCUT2D eigenvalue weighted by molar-refractivity contribution is 5.88. The van der Waals surface area contributed by atoms with Crippen molar-refractivity contribution in [2.24, 2.45) is 5.92 Å². The molecule has 0 saturated heterocycles. The Labute approximate surface area is 229 Å². The first-order valence-corrected chi connectivity index (χ1v) is 13.5. The average molecular weight is 544 g/mol. The molecule has 39 heavy (non-hydrogen) atoms. The number of nitrogens with one attached hydrogen (secondary N) is 2. The van der Waals surface area contributed by atoms with Crippen molar-refractivity contribution in [3.05, 3.63) is 71.3 Å². The first-order valence-electron chi connectivity index (χ1n) is 13.5. The van der Waals surface area contributed by atoms with Crippen LogP contribution < -0.4 is 10.6 Å². The van der Waals surface area contributed by atoms with Gasteiger partial charge in [0.15, 0.2) is 0 Å². The van der Waals surface area contributed by atoms with Crippen molar-refractivity contribution in [1.82, 2.24) is 15.5 Å². The summed E-state index contributed by atoms with van der Waals surface area (Å²) < 4.78 is 27.8. The van der Waals surface area contributed by atoms with E-state index in [9.17, 15) is 28.3 Å². The van der Waals surface area contributed by atoms with E-state index in [2.05, 4.69) is 10.6 Å². The third-order valence-corrected chi connectivity index (χ3v) is 7.23. The van der Waals surface area contributed by atoms with Crippen molar-refractivity contribution in [3.63, 3.8) is 0 Å². The quantitative estimate of drug-likeness (QED) is 0.372. The Balaban J connectivity index is 1.79. The average Bonchev–Trinajstić information content (AvgIpc) is 2.87. The topological polar surface area (TPSA) is 98.7 Å². The Morgan fingerprint density at radius 2 is 1.64 bits per heavy atom. The summed E-state index contributed by atoms with van der Waals surface area (Å²) in [5.74, 6) is -1.70. The lowest BCUT2D eigenvalue weighted by atomic mass is 9.83. The van der Waals surface area contributed by atoms with E-state index >= 15 is 0 Å². The molecule has 212 valence electrons. The molecule has 2 aromatic rings. The van der Waals surface area contributed by atoms with Crippen LogP contribution in [-0.2, 0) is 22.6 Å². The normalized spacial score (nSPS) is 15.7. The Bertz CT molecular complexity index is 1130. The molecule has 3 N–H and O–H groups in total. The van der Waals surface area contributed by atoms with Gasteiger partial charge in [-0.1, -0.05) is 49.6 Å². The Morgan fingerprint density at radius 1 is 1.00 bits per heavy atom. The minimum Gasteiger partial charge on any atom is -0.465 e. The fraction of sp³-hybridized carbons (Fsp3) is 0.500. The van der Waals surface area contributed by atoms with Gasteiger partial charge in [0, 0.05) is 24.5 Å². The Morgan fingerprint density at radius 3 is 2.23 bits per heavy atom. The molecule has 9 heteroatoms. The Kier molecular flexibility index (Phi) is 10.4. The van der Waals surface area contributed by atoms with Gasteiger partial charge in [-0.05, 0) is 75.3 Å². The molecule has 3 rings (SSSR count). The van der Waals surface area contributed by atoms with Crippen LogP contribution in [0, 0.1) is 17.6 Å². The summed E-state index contributed by atoms with van der Waals surface area (Å²) >= 11 is 0. The maximum atomic E-state index is 14.5. The lowest BCUT2D eigenvalue weighted by molar-refractivity contribution is -0.131. The fourth-order valence-electron chi connectivity index (χ4n) is 5.38. The molecule has 7 nitrogen and oxygen atoms in total. The van der Waals surface area contributed by atoms with Crippen LogP contribution in [0.5, 0.6) is 0 Å². The van der Waals surface area contributed by atoms with Crippen LogP contribution in [0.3, 0.4) is 0 Å². The maximum Gasteiger partial charge on any atom is 0.408 e. The summed E-state index contributed by atoms with van der Waals surface area (Å²) in [7, 11) is 0. The number of nitrogens with zero attached hydrogens (tertiary/aromatic N) is 1. The van der Waals surface area contributed by atoms with Crippen molar-refractivity contribution in [3.8, 4) is 0 Å². The van der Waals surface area contributed by atoms with Crippen LogP contribution in [0.2, 0.25) is 0 Å². The summed E-state index contributed by atoms with van der Waals surface area (Å²) in [5.41, 5.74) is 0.189. The first-order chi connectivity index (χ1) is 18.5. The second-order valence-electron chi connectivity index (χ2n) is 11.3. The van der Waals surface area contributed by atoms with Crippen LogP contribution in [0.25, 0.3) is 0 Å². The third-order valence-electron chi connectivity index (χ3n) is 7.23. The number of rotatable bonds is 10. The van der Waals surface area contributed by atoms with E-state index in [0.29, 0.717) is 5.56 Å². The lowest BCUT2D eigenvalue weighted by Crippen LogP contribution is -2.55. The van der Waals surface area contributed by atoms with Gasteiger partial charge in [0.25, 0.3) is 0 Å². The van der Waals surface area contributed by atoms with Gasteiger partial charge < -0.3 is 15.7 Å². The second kappa shape index (κ2) is 13.5. The van der Waals surface area contributed by atoms with Crippen molar-refractivity contribution < 1.29 is 28.3 Å². The molecule has 0 radical (unpaired) electrons. The van der Waals surface area contributed by atoms with Gasteiger partial charge in [0.2, 0.25) is 11.8 Å². The van der Waals surface area contributed by atoms with E-state index in [4.69, 9.17) is 0 Å². The number of carbonyl (C=O) groups excluding carboxylic acids is 2. The molecular weight excluding hydrogens is 504 g/mol. The van der Waals surface area contributed by atoms with Gasteiger partial charge in [-0.2, -0.15) is 0 Å². The third kappa shape index (κ3) is 8.76. The van der Waals surface area contributed by atoms with Gasteiger partial charge in [0.05, 0.1) is 0 Å². The van der Waals surface area contributed by atoms with Crippen LogP contribution in [0.1, 0.15) is 70.4 Å². The molecule has 1 aliphatic rings. The number of halogens is 2. The zero-order valence-electron chi connectivity index (χ0n) is 22.9. The van der Waals surface area contributed by atoms with Gasteiger partial charge in [-0.3, -0.25) is 14.5 Å². The van der Waals surface area contributed by atoms with E-state index in [1.54, 1.807) is 51.1 Å². The zero-order chi connectivity index (χ0) is 28.6. The second-order valence-corrected chi connectivity index (χ2v) is 11.3. The highest BCUT2D eigenvalue weighted by Gasteiger charge is 2.37. The number of hydrogen-bond acceptors (Lipinski definition) is 3.